The SMILES string of the molecule is C=CCN(C(=O)C1N(CCCCCO)C(=O)[C@@H]2[C@@H](C(=O)O)[C@H]3CCC12S3)c1c(C)cccc1C. The van der Waals surface area contributed by atoms with Crippen molar-refractivity contribution < 1.29 is 24.6 Å². The number of benzene rings is 1. The average Bonchev–Trinajstić information content (AvgIpc) is 3.43. The molecular weight excluding hydrogens is 452 g/mol. The number of thioether (sulfide) groups is 1. The highest BCUT2D eigenvalue weighted by molar-refractivity contribution is 8.02. The van der Waals surface area contributed by atoms with Crippen LogP contribution in [0.4, 0.5) is 5.69 Å². The van der Waals surface area contributed by atoms with E-state index in [1.54, 1.807) is 27.6 Å². The predicted octanol–water partition coefficient (Wildman–Crippen LogP) is 3.16. The van der Waals surface area contributed by atoms with E-state index in [1.807, 2.05) is 32.0 Å². The molecule has 0 radical (unpaired) electrons. The maximum absolute atomic E-state index is 14.4. The van der Waals surface area contributed by atoms with E-state index < -0.39 is 28.6 Å². The molecule has 5 atom stereocenters. The number of unbranched alkanes of at least 4 members (excludes halogenated alkanes) is 2. The van der Waals surface area contributed by atoms with Gasteiger partial charge < -0.3 is 20.0 Å². The van der Waals surface area contributed by atoms with Gasteiger partial charge in [0.05, 0.1) is 16.6 Å². The van der Waals surface area contributed by atoms with Gasteiger partial charge in [-0.25, -0.2) is 0 Å². The van der Waals surface area contributed by atoms with Gasteiger partial charge in [0, 0.05) is 30.6 Å². The smallest absolute Gasteiger partial charge is 0.308 e. The van der Waals surface area contributed by atoms with Gasteiger partial charge in [-0.1, -0.05) is 24.3 Å². The number of carboxylic acids is 1. The van der Waals surface area contributed by atoms with Crippen LogP contribution in [0.15, 0.2) is 30.9 Å². The molecule has 2 unspecified atom stereocenters. The molecule has 3 fully saturated rings. The fourth-order valence-electron chi connectivity index (χ4n) is 6.32. The van der Waals surface area contributed by atoms with Gasteiger partial charge in [-0.05, 0) is 57.1 Å². The Morgan fingerprint density at radius 2 is 1.97 bits per heavy atom. The second kappa shape index (κ2) is 9.74. The highest BCUT2D eigenvalue weighted by Crippen LogP contribution is 2.66. The number of carbonyl (C=O) groups is 3. The molecular formula is C26H34N2O5S. The largest absolute Gasteiger partial charge is 0.481 e. The minimum Gasteiger partial charge on any atom is -0.481 e. The number of amides is 2. The van der Waals surface area contributed by atoms with Gasteiger partial charge in [-0.2, -0.15) is 0 Å². The first-order valence-corrected chi connectivity index (χ1v) is 13.0. The number of aliphatic hydroxyl groups excluding tert-OH is 1. The molecule has 0 aliphatic carbocycles. The van der Waals surface area contributed by atoms with E-state index in [1.165, 1.54) is 0 Å². The van der Waals surface area contributed by atoms with Crippen LogP contribution in [0.1, 0.15) is 43.2 Å². The van der Waals surface area contributed by atoms with Crippen molar-refractivity contribution in [3.05, 3.63) is 42.0 Å². The number of anilines is 1. The zero-order valence-electron chi connectivity index (χ0n) is 19.9. The van der Waals surface area contributed by atoms with Crippen LogP contribution in [0.3, 0.4) is 0 Å². The first-order valence-electron chi connectivity index (χ1n) is 12.1. The van der Waals surface area contributed by atoms with Crippen LogP contribution in [0, 0.1) is 25.7 Å². The van der Waals surface area contributed by atoms with Crippen LogP contribution >= 0.6 is 11.8 Å². The molecule has 3 aliphatic heterocycles. The van der Waals surface area contributed by atoms with Crippen LogP contribution in [0.25, 0.3) is 0 Å². The highest BCUT2D eigenvalue weighted by Gasteiger charge is 2.74. The number of para-hydroxylation sites is 1. The number of hydrogen-bond acceptors (Lipinski definition) is 5. The normalized spacial score (nSPS) is 29.4. The summed E-state index contributed by atoms with van der Waals surface area (Å²) in [6, 6.07) is 5.18. The van der Waals surface area contributed by atoms with Gasteiger partial charge in [0.2, 0.25) is 5.91 Å². The molecule has 2 bridgehead atoms. The van der Waals surface area contributed by atoms with Crippen molar-refractivity contribution in [1.82, 2.24) is 4.90 Å². The molecule has 7 nitrogen and oxygen atoms in total. The van der Waals surface area contributed by atoms with E-state index in [-0.39, 0.29) is 23.7 Å². The van der Waals surface area contributed by atoms with Crippen molar-refractivity contribution in [2.75, 3.05) is 24.6 Å². The Kier molecular flexibility index (Phi) is 7.10. The molecule has 8 heteroatoms. The summed E-state index contributed by atoms with van der Waals surface area (Å²) in [5, 5.41) is 19.0. The summed E-state index contributed by atoms with van der Waals surface area (Å²) < 4.78 is -0.713. The number of aryl methyl sites for hydroxylation is 2. The molecule has 34 heavy (non-hydrogen) atoms. The van der Waals surface area contributed by atoms with Crippen molar-refractivity contribution in [2.24, 2.45) is 11.8 Å². The van der Waals surface area contributed by atoms with Crippen molar-refractivity contribution >= 4 is 35.2 Å². The Morgan fingerprint density at radius 3 is 2.59 bits per heavy atom. The fourth-order valence-corrected chi connectivity index (χ4v) is 8.53. The average molecular weight is 487 g/mol. The van der Waals surface area contributed by atoms with Crippen LogP contribution in [-0.2, 0) is 14.4 Å². The second-order valence-corrected chi connectivity index (χ2v) is 11.3. The van der Waals surface area contributed by atoms with Crippen molar-refractivity contribution in [3.8, 4) is 0 Å². The second-order valence-electron chi connectivity index (χ2n) is 9.69. The molecule has 1 aromatic carbocycles. The number of hydrogen-bond donors (Lipinski definition) is 2. The van der Waals surface area contributed by atoms with Gasteiger partial charge >= 0.3 is 5.97 Å². The predicted molar refractivity (Wildman–Crippen MR) is 133 cm³/mol. The lowest BCUT2D eigenvalue weighted by molar-refractivity contribution is -0.148. The van der Waals surface area contributed by atoms with Crippen LogP contribution in [0.5, 0.6) is 0 Å². The van der Waals surface area contributed by atoms with Crippen molar-refractivity contribution in [3.63, 3.8) is 0 Å². The third-order valence-electron chi connectivity index (χ3n) is 7.66. The number of aliphatic carboxylic acids is 1. The highest BCUT2D eigenvalue weighted by atomic mass is 32.2. The first kappa shape index (κ1) is 24.8. The molecule has 2 N–H and O–H groups in total. The van der Waals surface area contributed by atoms with Gasteiger partial charge in [0.25, 0.3) is 5.91 Å². The summed E-state index contributed by atoms with van der Waals surface area (Å²) in [6.07, 6.45) is 5.11. The van der Waals surface area contributed by atoms with Gasteiger partial charge in [-0.3, -0.25) is 14.4 Å². The summed E-state index contributed by atoms with van der Waals surface area (Å²) in [5.74, 6) is -2.73. The van der Waals surface area contributed by atoms with Gasteiger partial charge in [-0.15, -0.1) is 18.3 Å². The molecule has 2 amide bonds. The maximum Gasteiger partial charge on any atom is 0.308 e. The molecule has 4 rings (SSSR count). The number of likely N-dealkylation sites (tertiary alicyclic amines) is 1. The summed E-state index contributed by atoms with van der Waals surface area (Å²) >= 11 is 1.56. The molecule has 0 aromatic heterocycles. The Balaban J connectivity index is 1.76. The third-order valence-corrected chi connectivity index (χ3v) is 9.62. The first-order chi connectivity index (χ1) is 16.3. The van der Waals surface area contributed by atoms with E-state index in [4.69, 9.17) is 5.11 Å². The summed E-state index contributed by atoms with van der Waals surface area (Å²) in [6.45, 7) is 8.58. The number of fused-ring (bicyclic) bond motifs is 1. The fraction of sp³-hybridized carbons (Fsp3) is 0.577. The zero-order chi connectivity index (χ0) is 24.6. The number of nitrogens with zero attached hydrogens (tertiary/aromatic N) is 2. The van der Waals surface area contributed by atoms with Gasteiger partial charge in [0.1, 0.15) is 6.04 Å². The summed E-state index contributed by atoms with van der Waals surface area (Å²) in [7, 11) is 0. The Labute approximate surface area is 205 Å². The standard InChI is InChI=1S/C26H34N2O5S/c1-4-13-27(21-16(2)9-8-10-17(21)3)24(31)22-26-12-11-18(34-26)19(25(32)33)20(26)23(30)28(22)14-6-5-7-15-29/h4,8-10,18-20,22,29H,1,5-7,11-15H2,2-3H3,(H,32,33)/t18-,19+,20+,22?,26?/m1/s1. The summed E-state index contributed by atoms with van der Waals surface area (Å²) in [4.78, 5) is 43.7. The van der Waals surface area contributed by atoms with Crippen LogP contribution in [0.2, 0.25) is 0 Å². The molecule has 3 saturated heterocycles. The number of aliphatic hydroxyl groups is 1. The van der Waals surface area contributed by atoms with E-state index in [0.717, 1.165) is 23.2 Å². The Hall–Kier alpha value is -2.32. The van der Waals surface area contributed by atoms with E-state index in [9.17, 15) is 19.5 Å². The number of carbonyl (C=O) groups excluding carboxylic acids is 2. The zero-order valence-corrected chi connectivity index (χ0v) is 20.7. The quantitative estimate of drug-likeness (QED) is 0.389. The topological polar surface area (TPSA) is 98.2 Å². The molecule has 1 spiro atoms. The van der Waals surface area contributed by atoms with E-state index in [2.05, 4.69) is 6.58 Å². The maximum atomic E-state index is 14.4. The number of carboxylic acid groups (broad SMARTS) is 1. The van der Waals surface area contributed by atoms with Crippen molar-refractivity contribution in [1.29, 1.82) is 0 Å². The van der Waals surface area contributed by atoms with Crippen molar-refractivity contribution in [2.45, 2.75) is 62.0 Å². The van der Waals surface area contributed by atoms with E-state index in [0.29, 0.717) is 38.8 Å². The lowest BCUT2D eigenvalue weighted by Gasteiger charge is -2.38. The molecule has 0 saturated carbocycles. The molecule has 3 aliphatic rings. The molecule has 184 valence electrons. The minimum atomic E-state index is -0.941. The molecule has 3 heterocycles. The Morgan fingerprint density at radius 1 is 1.26 bits per heavy atom. The Bertz CT molecular complexity index is 977. The van der Waals surface area contributed by atoms with Crippen LogP contribution in [-0.4, -0.2) is 68.6 Å². The lowest BCUT2D eigenvalue weighted by atomic mass is 9.71. The van der Waals surface area contributed by atoms with Gasteiger partial charge in [0.15, 0.2) is 0 Å². The monoisotopic (exact) mass is 486 g/mol. The third kappa shape index (κ3) is 3.85. The minimum absolute atomic E-state index is 0.0845. The summed E-state index contributed by atoms with van der Waals surface area (Å²) in [5.41, 5.74) is 2.76. The van der Waals surface area contributed by atoms with E-state index >= 15 is 0 Å². The molecule has 1 aromatic rings. The number of rotatable bonds is 10. The lowest BCUT2D eigenvalue weighted by Crippen LogP contribution is -2.55. The van der Waals surface area contributed by atoms with Crippen LogP contribution < -0.4 is 4.90 Å².